The van der Waals surface area contributed by atoms with E-state index in [1.165, 1.54) is 25.7 Å². The molecule has 1 heterocycles. The third-order valence-corrected chi connectivity index (χ3v) is 5.52. The van der Waals surface area contributed by atoms with Crippen molar-refractivity contribution < 1.29 is 4.74 Å². The molecule has 0 aliphatic carbocycles. The van der Waals surface area contributed by atoms with E-state index in [-0.39, 0.29) is 11.1 Å². The second-order valence-corrected chi connectivity index (χ2v) is 7.65. The molecule has 1 aliphatic rings. The van der Waals surface area contributed by atoms with Gasteiger partial charge in [-0.2, -0.15) is 0 Å². The lowest BCUT2D eigenvalue weighted by atomic mass is 9.80. The molecule has 1 fully saturated rings. The smallest absolute Gasteiger partial charge is 0.0600 e. The number of hydrogen-bond acceptors (Lipinski definition) is 3. The molecule has 0 saturated carbocycles. The van der Waals surface area contributed by atoms with E-state index in [1.807, 2.05) is 0 Å². The van der Waals surface area contributed by atoms with Gasteiger partial charge in [0.05, 0.1) is 12.2 Å². The highest BCUT2D eigenvalue weighted by atomic mass is 16.5. The van der Waals surface area contributed by atoms with Gasteiger partial charge < -0.3 is 10.1 Å². The van der Waals surface area contributed by atoms with Gasteiger partial charge in [-0.15, -0.1) is 0 Å². The van der Waals surface area contributed by atoms with Crippen molar-refractivity contribution in [1.82, 2.24) is 10.2 Å². The fourth-order valence-corrected chi connectivity index (χ4v) is 3.50. The van der Waals surface area contributed by atoms with E-state index in [4.69, 9.17) is 4.74 Å². The van der Waals surface area contributed by atoms with Crippen LogP contribution in [0.4, 0.5) is 0 Å². The Kier molecular flexibility index (Phi) is 6.70. The van der Waals surface area contributed by atoms with Gasteiger partial charge in [0.25, 0.3) is 0 Å². The van der Waals surface area contributed by atoms with Gasteiger partial charge in [0, 0.05) is 30.7 Å². The van der Waals surface area contributed by atoms with Crippen LogP contribution in [0, 0.1) is 0 Å². The minimum atomic E-state index is -0.0400. The molecule has 1 aliphatic heterocycles. The molecule has 1 N–H and O–H groups in total. The Morgan fingerprint density at radius 1 is 1.00 bits per heavy atom. The molecule has 0 spiro atoms. The molecule has 0 atom stereocenters. The summed E-state index contributed by atoms with van der Waals surface area (Å²) in [4.78, 5) is 2.71. The van der Waals surface area contributed by atoms with Crippen molar-refractivity contribution in [1.29, 1.82) is 0 Å². The van der Waals surface area contributed by atoms with Gasteiger partial charge in [-0.3, -0.25) is 4.90 Å². The Balaban J connectivity index is 2.79. The maximum absolute atomic E-state index is 5.99. The molecule has 0 aromatic carbocycles. The van der Waals surface area contributed by atoms with Crippen LogP contribution in [0.5, 0.6) is 0 Å². The summed E-state index contributed by atoms with van der Waals surface area (Å²) in [6, 6.07) is 0. The Morgan fingerprint density at radius 2 is 1.57 bits per heavy atom. The minimum Gasteiger partial charge on any atom is -0.375 e. The highest BCUT2D eigenvalue weighted by molar-refractivity contribution is 5.03. The van der Waals surface area contributed by atoms with Crippen LogP contribution in [0.1, 0.15) is 74.1 Å². The Morgan fingerprint density at radius 3 is 2.00 bits per heavy atom. The molecule has 3 heteroatoms. The van der Waals surface area contributed by atoms with Crippen LogP contribution in [0.3, 0.4) is 0 Å². The van der Waals surface area contributed by atoms with Crippen molar-refractivity contribution in [2.75, 3.05) is 26.2 Å². The molecule has 3 nitrogen and oxygen atoms in total. The van der Waals surface area contributed by atoms with Gasteiger partial charge in [-0.1, -0.05) is 27.7 Å². The van der Waals surface area contributed by atoms with E-state index in [9.17, 15) is 0 Å². The summed E-state index contributed by atoms with van der Waals surface area (Å²) >= 11 is 0. The van der Waals surface area contributed by atoms with Crippen molar-refractivity contribution in [2.24, 2.45) is 0 Å². The first-order valence-corrected chi connectivity index (χ1v) is 8.90. The first kappa shape index (κ1) is 18.9. The predicted molar refractivity (Wildman–Crippen MR) is 91.9 cm³/mol. The largest absolute Gasteiger partial charge is 0.375 e. The maximum atomic E-state index is 5.99. The zero-order valence-electron chi connectivity index (χ0n) is 15.5. The fraction of sp³-hybridized carbons (Fsp3) is 1.00. The number of piperazine rings is 1. The average Bonchev–Trinajstić information content (AvgIpc) is 2.46. The SMILES string of the molecule is CCC1(CC)CN(CCOC(C)(C)C)C(CC)(CC)CN1. The highest BCUT2D eigenvalue weighted by Gasteiger charge is 2.43. The Hall–Kier alpha value is -0.120. The van der Waals surface area contributed by atoms with Crippen molar-refractivity contribution >= 4 is 0 Å². The van der Waals surface area contributed by atoms with Crippen LogP contribution in [-0.4, -0.2) is 47.8 Å². The molecule has 0 radical (unpaired) electrons. The molecule has 126 valence electrons. The lowest BCUT2D eigenvalue weighted by Gasteiger charge is -2.54. The quantitative estimate of drug-likeness (QED) is 0.773. The van der Waals surface area contributed by atoms with E-state index in [0.29, 0.717) is 5.54 Å². The van der Waals surface area contributed by atoms with E-state index < -0.39 is 0 Å². The molecular weight excluding hydrogens is 260 g/mol. The van der Waals surface area contributed by atoms with Gasteiger partial charge in [0.2, 0.25) is 0 Å². The predicted octanol–water partition coefficient (Wildman–Crippen LogP) is 3.82. The highest BCUT2D eigenvalue weighted by Crippen LogP contribution is 2.32. The standard InChI is InChI=1S/C18H38N2O/c1-8-17(9-2)15-20(12-13-21-16(5,6)7)18(10-3,11-4)14-19-17/h19H,8-15H2,1-7H3. The summed E-state index contributed by atoms with van der Waals surface area (Å²) in [5.41, 5.74) is 0.548. The van der Waals surface area contributed by atoms with Crippen molar-refractivity contribution in [3.63, 3.8) is 0 Å². The van der Waals surface area contributed by atoms with Gasteiger partial charge >= 0.3 is 0 Å². The number of rotatable bonds is 7. The number of hydrogen-bond donors (Lipinski definition) is 1. The van der Waals surface area contributed by atoms with Crippen molar-refractivity contribution in [2.45, 2.75) is 90.8 Å². The van der Waals surface area contributed by atoms with Gasteiger partial charge in [-0.25, -0.2) is 0 Å². The summed E-state index contributed by atoms with van der Waals surface area (Å²) in [6.45, 7) is 19.8. The summed E-state index contributed by atoms with van der Waals surface area (Å²) in [7, 11) is 0. The summed E-state index contributed by atoms with van der Waals surface area (Å²) in [5, 5.41) is 3.88. The van der Waals surface area contributed by atoms with Crippen LogP contribution in [0.15, 0.2) is 0 Å². The van der Waals surface area contributed by atoms with Crippen LogP contribution in [0.25, 0.3) is 0 Å². The second kappa shape index (κ2) is 7.43. The molecule has 1 saturated heterocycles. The lowest BCUT2D eigenvalue weighted by molar-refractivity contribution is -0.0544. The molecule has 21 heavy (non-hydrogen) atoms. The zero-order chi connectivity index (χ0) is 16.1. The Bertz CT molecular complexity index is 301. The van der Waals surface area contributed by atoms with Gasteiger partial charge in [0.1, 0.15) is 0 Å². The minimum absolute atomic E-state index is 0.0400. The molecule has 0 aromatic rings. The van der Waals surface area contributed by atoms with Crippen molar-refractivity contribution in [3.05, 3.63) is 0 Å². The normalized spacial score (nSPS) is 22.4. The second-order valence-electron chi connectivity index (χ2n) is 7.65. The average molecular weight is 299 g/mol. The van der Waals surface area contributed by atoms with Crippen LogP contribution in [-0.2, 0) is 4.74 Å². The molecule has 0 amide bonds. The van der Waals surface area contributed by atoms with E-state index in [2.05, 4.69) is 58.7 Å². The van der Waals surface area contributed by atoms with E-state index in [0.717, 1.165) is 26.2 Å². The van der Waals surface area contributed by atoms with Crippen LogP contribution >= 0.6 is 0 Å². The molecule has 0 aromatic heterocycles. The number of nitrogens with one attached hydrogen (secondary N) is 1. The van der Waals surface area contributed by atoms with E-state index in [1.54, 1.807) is 0 Å². The third-order valence-electron chi connectivity index (χ3n) is 5.52. The van der Waals surface area contributed by atoms with Crippen LogP contribution in [0.2, 0.25) is 0 Å². The van der Waals surface area contributed by atoms with Crippen molar-refractivity contribution in [3.8, 4) is 0 Å². The number of nitrogens with zero attached hydrogens (tertiary/aromatic N) is 1. The Labute approximate surface area is 132 Å². The first-order chi connectivity index (χ1) is 9.76. The fourth-order valence-electron chi connectivity index (χ4n) is 3.50. The lowest BCUT2D eigenvalue weighted by Crippen LogP contribution is -2.69. The third kappa shape index (κ3) is 4.67. The number of ether oxygens (including phenoxy) is 1. The topological polar surface area (TPSA) is 24.5 Å². The summed E-state index contributed by atoms with van der Waals surface area (Å²) < 4.78 is 5.99. The van der Waals surface area contributed by atoms with Gasteiger partial charge in [-0.05, 0) is 46.5 Å². The summed E-state index contributed by atoms with van der Waals surface area (Å²) in [6.07, 6.45) is 4.80. The molecule has 0 unspecified atom stereocenters. The molecule has 1 rings (SSSR count). The van der Waals surface area contributed by atoms with E-state index >= 15 is 0 Å². The zero-order valence-corrected chi connectivity index (χ0v) is 15.5. The maximum Gasteiger partial charge on any atom is 0.0600 e. The molecular formula is C18H38N2O. The first-order valence-electron chi connectivity index (χ1n) is 8.90. The van der Waals surface area contributed by atoms with Crippen LogP contribution < -0.4 is 5.32 Å². The molecule has 0 bridgehead atoms. The monoisotopic (exact) mass is 298 g/mol. The van der Waals surface area contributed by atoms with Gasteiger partial charge in [0.15, 0.2) is 0 Å². The summed E-state index contributed by atoms with van der Waals surface area (Å²) in [5.74, 6) is 0.